The van der Waals surface area contributed by atoms with Gasteiger partial charge in [0.05, 0.1) is 6.61 Å². The first-order valence-electron chi connectivity index (χ1n) is 8.45. The Bertz CT molecular complexity index is 468. The van der Waals surface area contributed by atoms with E-state index in [2.05, 4.69) is 36.5 Å². The molecule has 0 aliphatic heterocycles. The van der Waals surface area contributed by atoms with Crippen LogP contribution < -0.4 is 5.32 Å². The van der Waals surface area contributed by atoms with Crippen molar-refractivity contribution < 1.29 is 4.74 Å². The molecule has 2 heteroatoms. The molecule has 1 aromatic rings. The van der Waals surface area contributed by atoms with E-state index in [1.807, 2.05) is 0 Å². The Morgan fingerprint density at radius 1 is 1.19 bits per heavy atom. The van der Waals surface area contributed by atoms with Crippen molar-refractivity contribution in [3.8, 4) is 0 Å². The summed E-state index contributed by atoms with van der Waals surface area (Å²) >= 11 is 0. The molecular weight excluding hydrogens is 258 g/mol. The molecule has 116 valence electrons. The summed E-state index contributed by atoms with van der Waals surface area (Å²) in [5.74, 6) is 0. The number of hydrogen-bond acceptors (Lipinski definition) is 2. The Kier molecular flexibility index (Phi) is 4.37. The minimum absolute atomic E-state index is 0.365. The van der Waals surface area contributed by atoms with Gasteiger partial charge in [0.25, 0.3) is 0 Å². The molecule has 0 atom stereocenters. The van der Waals surface area contributed by atoms with Crippen molar-refractivity contribution in [2.45, 2.75) is 50.9 Å². The van der Waals surface area contributed by atoms with Crippen molar-refractivity contribution in [2.75, 3.05) is 26.8 Å². The highest BCUT2D eigenvalue weighted by molar-refractivity contribution is 5.34. The fourth-order valence-corrected chi connectivity index (χ4v) is 4.77. The molecule has 2 aliphatic rings. The van der Waals surface area contributed by atoms with Gasteiger partial charge in [-0.15, -0.1) is 0 Å². The van der Waals surface area contributed by atoms with E-state index in [1.54, 1.807) is 12.7 Å². The SMILES string of the molecule is COCCNCC1(c2cccc(C)c2)CC2(CCCC2)C1. The molecular formula is C19H29NO. The lowest BCUT2D eigenvalue weighted by Crippen LogP contribution is -2.54. The van der Waals surface area contributed by atoms with Crippen LogP contribution in [-0.4, -0.2) is 26.8 Å². The number of ether oxygens (including phenoxy) is 1. The molecule has 0 amide bonds. The molecule has 0 heterocycles. The lowest BCUT2D eigenvalue weighted by Gasteiger charge is -2.56. The van der Waals surface area contributed by atoms with Gasteiger partial charge in [0.15, 0.2) is 0 Å². The van der Waals surface area contributed by atoms with E-state index in [0.717, 1.165) is 19.7 Å². The van der Waals surface area contributed by atoms with Gasteiger partial charge in [0, 0.05) is 25.6 Å². The fourth-order valence-electron chi connectivity index (χ4n) is 4.77. The zero-order valence-electron chi connectivity index (χ0n) is 13.6. The van der Waals surface area contributed by atoms with Gasteiger partial charge in [-0.05, 0) is 43.6 Å². The van der Waals surface area contributed by atoms with E-state index in [4.69, 9.17) is 4.74 Å². The molecule has 2 fully saturated rings. The lowest BCUT2D eigenvalue weighted by atomic mass is 9.49. The van der Waals surface area contributed by atoms with Crippen LogP contribution in [0.5, 0.6) is 0 Å². The maximum atomic E-state index is 5.16. The number of methoxy groups -OCH3 is 1. The predicted octanol–water partition coefficient (Wildman–Crippen LogP) is 3.82. The van der Waals surface area contributed by atoms with Crippen molar-refractivity contribution in [2.24, 2.45) is 5.41 Å². The highest BCUT2D eigenvalue weighted by Gasteiger charge is 2.55. The zero-order valence-corrected chi connectivity index (χ0v) is 13.6. The van der Waals surface area contributed by atoms with Crippen molar-refractivity contribution in [1.29, 1.82) is 0 Å². The van der Waals surface area contributed by atoms with E-state index in [9.17, 15) is 0 Å². The van der Waals surface area contributed by atoms with Gasteiger partial charge < -0.3 is 10.1 Å². The maximum absolute atomic E-state index is 5.16. The summed E-state index contributed by atoms with van der Waals surface area (Å²) in [7, 11) is 1.77. The highest BCUT2D eigenvalue weighted by atomic mass is 16.5. The zero-order chi connectivity index (χ0) is 14.8. The maximum Gasteiger partial charge on any atom is 0.0587 e. The molecule has 0 aromatic heterocycles. The van der Waals surface area contributed by atoms with Gasteiger partial charge in [-0.25, -0.2) is 0 Å². The van der Waals surface area contributed by atoms with E-state index in [0.29, 0.717) is 10.8 Å². The standard InChI is InChI=1S/C19H29NO/c1-16-6-5-7-17(12-16)19(15-20-10-11-21-2)13-18(14-19)8-3-4-9-18/h5-7,12,20H,3-4,8-11,13-15H2,1-2H3. The third-order valence-corrected chi connectivity index (χ3v) is 5.67. The van der Waals surface area contributed by atoms with Crippen LogP contribution in [0.1, 0.15) is 49.7 Å². The van der Waals surface area contributed by atoms with Crippen LogP contribution in [0.25, 0.3) is 0 Å². The molecule has 2 aliphatic carbocycles. The third-order valence-electron chi connectivity index (χ3n) is 5.67. The van der Waals surface area contributed by atoms with Crippen LogP contribution in [0, 0.1) is 12.3 Å². The van der Waals surface area contributed by atoms with Gasteiger partial charge in [-0.2, -0.15) is 0 Å². The first-order valence-corrected chi connectivity index (χ1v) is 8.45. The van der Waals surface area contributed by atoms with Crippen LogP contribution >= 0.6 is 0 Å². The molecule has 1 spiro atoms. The smallest absolute Gasteiger partial charge is 0.0587 e. The Balaban J connectivity index is 1.73. The first kappa shape index (κ1) is 15.1. The molecule has 0 radical (unpaired) electrons. The summed E-state index contributed by atoms with van der Waals surface area (Å²) in [6.45, 7) is 5.06. The summed E-state index contributed by atoms with van der Waals surface area (Å²) in [6, 6.07) is 9.17. The quantitative estimate of drug-likeness (QED) is 0.803. The van der Waals surface area contributed by atoms with Crippen molar-refractivity contribution in [3.63, 3.8) is 0 Å². The molecule has 1 aromatic carbocycles. The summed E-state index contributed by atoms with van der Waals surface area (Å²) in [4.78, 5) is 0. The second-order valence-electron chi connectivity index (χ2n) is 7.38. The lowest BCUT2D eigenvalue weighted by molar-refractivity contribution is 0.0260. The molecule has 2 nitrogen and oxygen atoms in total. The minimum Gasteiger partial charge on any atom is -0.383 e. The first-order chi connectivity index (χ1) is 10.2. The summed E-state index contributed by atoms with van der Waals surface area (Å²) in [5.41, 5.74) is 3.97. The van der Waals surface area contributed by atoms with E-state index in [1.165, 1.54) is 44.1 Å². The molecule has 0 bridgehead atoms. The van der Waals surface area contributed by atoms with Crippen LogP contribution in [0.2, 0.25) is 0 Å². The molecule has 0 saturated heterocycles. The molecule has 0 unspecified atom stereocenters. The number of aryl methyl sites for hydroxylation is 1. The predicted molar refractivity (Wildman–Crippen MR) is 87.7 cm³/mol. The Morgan fingerprint density at radius 3 is 2.62 bits per heavy atom. The largest absolute Gasteiger partial charge is 0.383 e. The Hall–Kier alpha value is -0.860. The average molecular weight is 287 g/mol. The second kappa shape index (κ2) is 6.10. The molecule has 2 saturated carbocycles. The molecule has 1 N–H and O–H groups in total. The number of benzene rings is 1. The molecule has 3 rings (SSSR count). The summed E-state index contributed by atoms with van der Waals surface area (Å²) < 4.78 is 5.16. The fraction of sp³-hybridized carbons (Fsp3) is 0.684. The third kappa shape index (κ3) is 3.02. The van der Waals surface area contributed by atoms with Crippen LogP contribution in [-0.2, 0) is 10.2 Å². The Morgan fingerprint density at radius 2 is 1.95 bits per heavy atom. The van der Waals surface area contributed by atoms with E-state index in [-0.39, 0.29) is 0 Å². The Labute approximate surface area is 129 Å². The van der Waals surface area contributed by atoms with Crippen molar-refractivity contribution in [1.82, 2.24) is 5.32 Å². The number of hydrogen-bond donors (Lipinski definition) is 1. The topological polar surface area (TPSA) is 21.3 Å². The molecule has 21 heavy (non-hydrogen) atoms. The van der Waals surface area contributed by atoms with Gasteiger partial charge >= 0.3 is 0 Å². The average Bonchev–Trinajstić information content (AvgIpc) is 2.91. The normalized spacial score (nSPS) is 22.4. The van der Waals surface area contributed by atoms with Crippen molar-refractivity contribution in [3.05, 3.63) is 35.4 Å². The van der Waals surface area contributed by atoms with Crippen LogP contribution in [0.15, 0.2) is 24.3 Å². The monoisotopic (exact) mass is 287 g/mol. The number of rotatable bonds is 6. The van der Waals surface area contributed by atoms with Crippen molar-refractivity contribution >= 4 is 0 Å². The van der Waals surface area contributed by atoms with E-state index < -0.39 is 0 Å². The summed E-state index contributed by atoms with van der Waals surface area (Å²) in [6.07, 6.45) is 8.56. The minimum atomic E-state index is 0.365. The van der Waals surface area contributed by atoms with Gasteiger partial charge in [-0.1, -0.05) is 42.7 Å². The summed E-state index contributed by atoms with van der Waals surface area (Å²) in [5, 5.41) is 3.63. The number of nitrogens with one attached hydrogen (secondary N) is 1. The van der Waals surface area contributed by atoms with Gasteiger partial charge in [0.1, 0.15) is 0 Å². The van der Waals surface area contributed by atoms with Crippen LogP contribution in [0.3, 0.4) is 0 Å². The van der Waals surface area contributed by atoms with Gasteiger partial charge in [0.2, 0.25) is 0 Å². The second-order valence-corrected chi connectivity index (χ2v) is 7.38. The highest BCUT2D eigenvalue weighted by Crippen LogP contribution is 2.62. The van der Waals surface area contributed by atoms with E-state index >= 15 is 0 Å². The van der Waals surface area contributed by atoms with Gasteiger partial charge in [-0.3, -0.25) is 0 Å². The van der Waals surface area contributed by atoms with Crippen LogP contribution in [0.4, 0.5) is 0 Å².